The molecule has 0 aliphatic heterocycles. The number of amidine groups is 1. The van der Waals surface area contributed by atoms with E-state index in [0.717, 1.165) is 30.0 Å². The van der Waals surface area contributed by atoms with E-state index in [-0.39, 0.29) is 5.84 Å². The summed E-state index contributed by atoms with van der Waals surface area (Å²) < 4.78 is 1.86. The molecule has 0 spiro atoms. The van der Waals surface area contributed by atoms with Crippen molar-refractivity contribution in [3.8, 4) is 0 Å². The molecule has 0 unspecified atom stereocenters. The molecule has 1 aromatic rings. The lowest BCUT2D eigenvalue weighted by Crippen LogP contribution is -2.31. The molecule has 17 heavy (non-hydrogen) atoms. The van der Waals surface area contributed by atoms with Crippen LogP contribution in [0.4, 0.5) is 5.82 Å². The molecule has 0 radical (unpaired) electrons. The zero-order chi connectivity index (χ0) is 12.6. The van der Waals surface area contributed by atoms with E-state index in [1.165, 1.54) is 12.8 Å². The largest absolute Gasteiger partial charge is 0.384 e. The maximum Gasteiger partial charge on any atom is 0.138 e. The number of nitrogen functional groups attached to an aromatic ring is 1. The molecule has 1 aliphatic carbocycles. The number of aromatic nitrogens is 2. The van der Waals surface area contributed by atoms with Crippen molar-refractivity contribution in [3.63, 3.8) is 0 Å². The minimum absolute atomic E-state index is 0.118. The van der Waals surface area contributed by atoms with Gasteiger partial charge in [0.25, 0.3) is 0 Å². The fourth-order valence-electron chi connectivity index (χ4n) is 2.38. The quantitative estimate of drug-likeness (QED) is 0.598. The maximum absolute atomic E-state index is 7.72. The SMILES string of the molecule is CCCN(c1c(C(=N)N)c(C)nn1C)C1CC1. The summed E-state index contributed by atoms with van der Waals surface area (Å²) in [6.45, 7) is 5.09. The molecule has 0 bridgehead atoms. The van der Waals surface area contributed by atoms with E-state index < -0.39 is 0 Å². The minimum atomic E-state index is 0.118. The van der Waals surface area contributed by atoms with Crippen LogP contribution in [0.3, 0.4) is 0 Å². The van der Waals surface area contributed by atoms with Gasteiger partial charge >= 0.3 is 0 Å². The highest BCUT2D eigenvalue weighted by atomic mass is 15.4. The summed E-state index contributed by atoms with van der Waals surface area (Å²) in [7, 11) is 1.93. The van der Waals surface area contributed by atoms with E-state index in [9.17, 15) is 0 Å². The first-order chi connectivity index (χ1) is 8.06. The van der Waals surface area contributed by atoms with Gasteiger partial charge in [-0.1, -0.05) is 6.92 Å². The Hall–Kier alpha value is -1.52. The van der Waals surface area contributed by atoms with Crippen LogP contribution in [-0.2, 0) is 7.05 Å². The molecule has 3 N–H and O–H groups in total. The highest BCUT2D eigenvalue weighted by Crippen LogP contribution is 2.34. The summed E-state index contributed by atoms with van der Waals surface area (Å²) in [6, 6.07) is 0.614. The summed E-state index contributed by atoms with van der Waals surface area (Å²) >= 11 is 0. The number of nitrogens with one attached hydrogen (secondary N) is 1. The molecule has 1 saturated carbocycles. The second-order valence-corrected chi connectivity index (χ2v) is 4.75. The zero-order valence-electron chi connectivity index (χ0n) is 10.8. The van der Waals surface area contributed by atoms with E-state index >= 15 is 0 Å². The van der Waals surface area contributed by atoms with Crippen molar-refractivity contribution in [2.75, 3.05) is 11.4 Å². The molecule has 1 fully saturated rings. The molecule has 1 aliphatic rings. The molecule has 1 heterocycles. The zero-order valence-corrected chi connectivity index (χ0v) is 10.8. The van der Waals surface area contributed by atoms with Gasteiger partial charge in [-0.15, -0.1) is 0 Å². The third kappa shape index (κ3) is 2.14. The molecule has 94 valence electrons. The van der Waals surface area contributed by atoms with Crippen molar-refractivity contribution in [3.05, 3.63) is 11.3 Å². The maximum atomic E-state index is 7.72. The lowest BCUT2D eigenvalue weighted by Gasteiger charge is -2.25. The van der Waals surface area contributed by atoms with Crippen LogP contribution in [0.25, 0.3) is 0 Å². The predicted octanol–water partition coefficient (Wildman–Crippen LogP) is 1.39. The number of nitrogens with zero attached hydrogens (tertiary/aromatic N) is 3. The van der Waals surface area contributed by atoms with Gasteiger partial charge < -0.3 is 10.6 Å². The van der Waals surface area contributed by atoms with Gasteiger partial charge in [-0.25, -0.2) is 0 Å². The Balaban J connectivity index is 2.44. The van der Waals surface area contributed by atoms with E-state index in [1.54, 1.807) is 0 Å². The first-order valence-electron chi connectivity index (χ1n) is 6.20. The van der Waals surface area contributed by atoms with Crippen LogP contribution < -0.4 is 10.6 Å². The molecule has 0 atom stereocenters. The first kappa shape index (κ1) is 12.0. The van der Waals surface area contributed by atoms with Crippen LogP contribution in [0.15, 0.2) is 0 Å². The number of nitrogens with two attached hydrogens (primary N) is 1. The number of aryl methyl sites for hydroxylation is 2. The van der Waals surface area contributed by atoms with E-state index in [4.69, 9.17) is 11.1 Å². The van der Waals surface area contributed by atoms with Gasteiger partial charge in [-0.05, 0) is 26.2 Å². The fraction of sp³-hybridized carbons (Fsp3) is 0.667. The number of rotatable bonds is 5. The van der Waals surface area contributed by atoms with Gasteiger partial charge in [0.2, 0.25) is 0 Å². The highest BCUT2D eigenvalue weighted by Gasteiger charge is 2.33. The molecule has 1 aromatic heterocycles. The van der Waals surface area contributed by atoms with Crippen molar-refractivity contribution in [2.45, 2.75) is 39.2 Å². The lowest BCUT2D eigenvalue weighted by molar-refractivity contribution is 0.683. The fourth-order valence-corrected chi connectivity index (χ4v) is 2.38. The van der Waals surface area contributed by atoms with Gasteiger partial charge in [0.05, 0.1) is 11.3 Å². The average Bonchev–Trinajstić information content (AvgIpc) is 3.01. The number of anilines is 1. The summed E-state index contributed by atoms with van der Waals surface area (Å²) in [6.07, 6.45) is 3.57. The van der Waals surface area contributed by atoms with Crippen molar-refractivity contribution >= 4 is 11.7 Å². The molecule has 0 saturated heterocycles. The summed E-state index contributed by atoms with van der Waals surface area (Å²) in [4.78, 5) is 2.36. The van der Waals surface area contributed by atoms with Crippen LogP contribution in [0.5, 0.6) is 0 Å². The minimum Gasteiger partial charge on any atom is -0.384 e. The Morgan fingerprint density at radius 3 is 2.71 bits per heavy atom. The van der Waals surface area contributed by atoms with Crippen LogP contribution in [0, 0.1) is 12.3 Å². The summed E-state index contributed by atoms with van der Waals surface area (Å²) in [5.74, 6) is 1.13. The monoisotopic (exact) mass is 235 g/mol. The molecular weight excluding hydrogens is 214 g/mol. The molecule has 0 aromatic carbocycles. The second kappa shape index (κ2) is 4.39. The van der Waals surface area contributed by atoms with Crippen LogP contribution in [-0.4, -0.2) is 28.2 Å². The molecule has 0 amide bonds. The van der Waals surface area contributed by atoms with Crippen molar-refractivity contribution in [1.82, 2.24) is 9.78 Å². The Morgan fingerprint density at radius 2 is 2.24 bits per heavy atom. The van der Waals surface area contributed by atoms with Crippen molar-refractivity contribution < 1.29 is 0 Å². The molecular formula is C12H21N5. The van der Waals surface area contributed by atoms with Crippen LogP contribution >= 0.6 is 0 Å². The van der Waals surface area contributed by atoms with E-state index in [2.05, 4.69) is 16.9 Å². The van der Waals surface area contributed by atoms with Gasteiger partial charge in [0.15, 0.2) is 0 Å². The summed E-state index contributed by atoms with van der Waals surface area (Å²) in [5.41, 5.74) is 7.33. The first-order valence-corrected chi connectivity index (χ1v) is 6.20. The summed E-state index contributed by atoms with van der Waals surface area (Å²) in [5, 5.41) is 12.1. The van der Waals surface area contributed by atoms with E-state index in [1.807, 2.05) is 18.7 Å². The molecule has 5 heteroatoms. The number of hydrogen-bond acceptors (Lipinski definition) is 3. The third-order valence-electron chi connectivity index (χ3n) is 3.19. The van der Waals surface area contributed by atoms with Gasteiger partial charge in [0.1, 0.15) is 11.7 Å². The van der Waals surface area contributed by atoms with Crippen molar-refractivity contribution in [2.24, 2.45) is 12.8 Å². The topological polar surface area (TPSA) is 70.9 Å². The van der Waals surface area contributed by atoms with Gasteiger partial charge in [-0.2, -0.15) is 5.10 Å². The molecule has 2 rings (SSSR count). The normalized spacial score (nSPS) is 15.0. The van der Waals surface area contributed by atoms with Gasteiger partial charge in [0, 0.05) is 19.6 Å². The van der Waals surface area contributed by atoms with Crippen LogP contribution in [0.2, 0.25) is 0 Å². The Labute approximate surface area is 102 Å². The Kier molecular flexibility index (Phi) is 3.09. The lowest BCUT2D eigenvalue weighted by atomic mass is 10.2. The Morgan fingerprint density at radius 1 is 1.59 bits per heavy atom. The molecule has 5 nitrogen and oxygen atoms in total. The van der Waals surface area contributed by atoms with Gasteiger partial charge in [-0.3, -0.25) is 10.1 Å². The number of hydrogen-bond donors (Lipinski definition) is 2. The highest BCUT2D eigenvalue weighted by molar-refractivity contribution is 6.01. The standard InChI is InChI=1S/C12H21N5/c1-4-7-17(9-5-6-9)12-10(11(13)14)8(2)15-16(12)3/h9H,4-7H2,1-3H3,(H3,13,14). The predicted molar refractivity (Wildman–Crippen MR) is 69.6 cm³/mol. The smallest absolute Gasteiger partial charge is 0.138 e. The second-order valence-electron chi connectivity index (χ2n) is 4.75. The Bertz CT molecular complexity index is 430. The van der Waals surface area contributed by atoms with Crippen molar-refractivity contribution in [1.29, 1.82) is 5.41 Å². The van der Waals surface area contributed by atoms with Crippen LogP contribution in [0.1, 0.15) is 37.4 Å². The average molecular weight is 235 g/mol. The third-order valence-corrected chi connectivity index (χ3v) is 3.19. The van der Waals surface area contributed by atoms with E-state index in [0.29, 0.717) is 6.04 Å².